The van der Waals surface area contributed by atoms with Crippen LogP contribution in [-0.4, -0.2) is 59.5 Å². The van der Waals surface area contributed by atoms with Crippen LogP contribution >= 0.6 is 0 Å². The van der Waals surface area contributed by atoms with Crippen molar-refractivity contribution in [3.63, 3.8) is 0 Å². The Morgan fingerprint density at radius 2 is 2.08 bits per heavy atom. The number of aromatic nitrogens is 2. The van der Waals surface area contributed by atoms with E-state index in [-0.39, 0.29) is 11.5 Å². The van der Waals surface area contributed by atoms with E-state index < -0.39 is 6.10 Å². The molecule has 1 atom stereocenters. The highest BCUT2D eigenvalue weighted by molar-refractivity contribution is 5.94. The average molecular weight is 356 g/mol. The zero-order valence-electron chi connectivity index (χ0n) is 15.4. The number of nitrogens with zero attached hydrogens (tertiary/aromatic N) is 3. The molecule has 7 nitrogen and oxygen atoms in total. The fourth-order valence-electron chi connectivity index (χ4n) is 3.05. The number of aryl methyl sites for hydroxylation is 1. The molecule has 1 saturated heterocycles. The number of H-pyrrole nitrogens is 1. The molecule has 2 heterocycles. The molecule has 0 aliphatic carbocycles. The van der Waals surface area contributed by atoms with Crippen molar-refractivity contribution < 1.29 is 9.53 Å². The first kappa shape index (κ1) is 18.3. The van der Waals surface area contributed by atoms with Gasteiger partial charge in [-0.2, -0.15) is 0 Å². The summed E-state index contributed by atoms with van der Waals surface area (Å²) >= 11 is 0. The lowest BCUT2D eigenvalue weighted by atomic mass is 10.1. The van der Waals surface area contributed by atoms with Crippen molar-refractivity contribution in [3.8, 4) is 0 Å². The van der Waals surface area contributed by atoms with Crippen LogP contribution in [0.25, 0.3) is 0 Å². The van der Waals surface area contributed by atoms with E-state index in [1.807, 2.05) is 38.4 Å². The molecule has 0 radical (unpaired) electrons. The van der Waals surface area contributed by atoms with Crippen LogP contribution in [0.3, 0.4) is 0 Å². The Labute approximate surface area is 152 Å². The zero-order valence-corrected chi connectivity index (χ0v) is 15.4. The highest BCUT2D eigenvalue weighted by atomic mass is 16.5. The van der Waals surface area contributed by atoms with Crippen molar-refractivity contribution in [2.24, 2.45) is 0 Å². The van der Waals surface area contributed by atoms with Crippen LogP contribution in [0.5, 0.6) is 0 Å². The predicted molar refractivity (Wildman–Crippen MR) is 98.0 cm³/mol. The van der Waals surface area contributed by atoms with E-state index in [4.69, 9.17) is 4.74 Å². The molecular weight excluding hydrogens is 332 g/mol. The maximum atomic E-state index is 12.8. The predicted octanol–water partition coefficient (Wildman–Crippen LogP) is 1.35. The Balaban J connectivity index is 1.72. The number of morpholine rings is 1. The Morgan fingerprint density at radius 3 is 2.73 bits per heavy atom. The second-order valence-corrected chi connectivity index (χ2v) is 6.82. The summed E-state index contributed by atoms with van der Waals surface area (Å²) in [5.41, 5.74) is 2.23. The van der Waals surface area contributed by atoms with Crippen LogP contribution in [0.4, 0.5) is 0 Å². The fraction of sp³-hybridized carbons (Fsp3) is 0.421. The minimum Gasteiger partial charge on any atom is -0.367 e. The summed E-state index contributed by atoms with van der Waals surface area (Å²) in [6, 6.07) is 9.11. The number of ether oxygens (including phenoxy) is 1. The molecule has 1 amide bonds. The molecule has 0 saturated carbocycles. The zero-order chi connectivity index (χ0) is 18.7. The smallest absolute Gasteiger partial charge is 0.254 e. The highest BCUT2D eigenvalue weighted by Gasteiger charge is 2.27. The molecule has 3 rings (SSSR count). The molecule has 1 aliphatic rings. The van der Waals surface area contributed by atoms with Crippen molar-refractivity contribution in [1.82, 2.24) is 19.8 Å². The van der Waals surface area contributed by atoms with Gasteiger partial charge in [-0.1, -0.05) is 12.1 Å². The summed E-state index contributed by atoms with van der Waals surface area (Å²) in [4.78, 5) is 35.4. The Bertz CT molecular complexity index is 829. The molecule has 0 unspecified atom stereocenters. The van der Waals surface area contributed by atoms with E-state index in [2.05, 4.69) is 14.9 Å². The molecule has 1 aromatic carbocycles. The van der Waals surface area contributed by atoms with Crippen LogP contribution < -0.4 is 5.56 Å². The number of aromatic amines is 1. The van der Waals surface area contributed by atoms with Gasteiger partial charge in [-0.25, -0.2) is 4.98 Å². The minimum absolute atomic E-state index is 0.0373. The Kier molecular flexibility index (Phi) is 5.49. The SMILES string of the molecule is Cc1cc(=O)[nH]c([C@H]2CN(C(=O)c3ccc(CN(C)C)cc3)CCO2)n1. The molecule has 0 bridgehead atoms. The third kappa shape index (κ3) is 4.36. The van der Waals surface area contributed by atoms with Crippen molar-refractivity contribution in [1.29, 1.82) is 0 Å². The largest absolute Gasteiger partial charge is 0.367 e. The monoisotopic (exact) mass is 356 g/mol. The Morgan fingerprint density at radius 1 is 1.35 bits per heavy atom. The van der Waals surface area contributed by atoms with Crippen LogP contribution in [0.2, 0.25) is 0 Å². The maximum absolute atomic E-state index is 12.8. The third-order valence-corrected chi connectivity index (χ3v) is 4.25. The number of carbonyl (C=O) groups is 1. The standard InChI is InChI=1S/C19H24N4O3/c1-13-10-17(24)21-18(20-13)16-12-23(8-9-26-16)19(25)15-6-4-14(5-7-15)11-22(2)3/h4-7,10,16H,8-9,11-12H2,1-3H3,(H,20,21,24)/t16-/m1/s1. The third-order valence-electron chi connectivity index (χ3n) is 4.25. The number of benzene rings is 1. The first-order chi connectivity index (χ1) is 12.4. The van der Waals surface area contributed by atoms with Gasteiger partial charge < -0.3 is 19.5 Å². The van der Waals surface area contributed by atoms with Gasteiger partial charge in [-0.05, 0) is 38.7 Å². The van der Waals surface area contributed by atoms with E-state index in [9.17, 15) is 9.59 Å². The van der Waals surface area contributed by atoms with Crippen LogP contribution in [-0.2, 0) is 11.3 Å². The lowest BCUT2D eigenvalue weighted by Crippen LogP contribution is -2.43. The second kappa shape index (κ2) is 7.80. The van der Waals surface area contributed by atoms with Gasteiger partial charge in [0.05, 0.1) is 13.2 Å². The van der Waals surface area contributed by atoms with Gasteiger partial charge in [0, 0.05) is 30.4 Å². The number of hydrogen-bond acceptors (Lipinski definition) is 5. The Hall–Kier alpha value is -2.51. The van der Waals surface area contributed by atoms with E-state index in [1.54, 1.807) is 11.8 Å². The maximum Gasteiger partial charge on any atom is 0.254 e. The lowest BCUT2D eigenvalue weighted by Gasteiger charge is -2.32. The van der Waals surface area contributed by atoms with E-state index in [0.29, 0.717) is 36.8 Å². The van der Waals surface area contributed by atoms with Crippen molar-refractivity contribution in [3.05, 3.63) is 63.3 Å². The summed E-state index contributed by atoms with van der Waals surface area (Å²) in [7, 11) is 4.02. The molecule has 26 heavy (non-hydrogen) atoms. The van der Waals surface area contributed by atoms with E-state index in [0.717, 1.165) is 12.1 Å². The summed E-state index contributed by atoms with van der Waals surface area (Å²) < 4.78 is 5.72. The second-order valence-electron chi connectivity index (χ2n) is 6.82. The lowest BCUT2D eigenvalue weighted by molar-refractivity contribution is -0.0269. The summed E-state index contributed by atoms with van der Waals surface area (Å²) in [6.07, 6.45) is -0.423. The van der Waals surface area contributed by atoms with Gasteiger partial charge in [0.15, 0.2) is 0 Å². The minimum atomic E-state index is -0.423. The molecule has 2 aromatic rings. The average Bonchev–Trinajstić information content (AvgIpc) is 2.60. The quantitative estimate of drug-likeness (QED) is 0.895. The summed E-state index contributed by atoms with van der Waals surface area (Å²) in [5, 5.41) is 0. The van der Waals surface area contributed by atoms with Gasteiger partial charge in [-0.15, -0.1) is 0 Å². The topological polar surface area (TPSA) is 78.5 Å². The molecule has 1 aromatic heterocycles. The molecule has 1 aliphatic heterocycles. The molecular formula is C19H24N4O3. The van der Waals surface area contributed by atoms with Crippen LogP contribution in [0.15, 0.2) is 35.1 Å². The summed E-state index contributed by atoms with van der Waals surface area (Å²) in [5.74, 6) is 0.429. The molecule has 0 spiro atoms. The molecule has 138 valence electrons. The van der Waals surface area contributed by atoms with Gasteiger partial charge in [0.2, 0.25) is 0 Å². The molecule has 1 fully saturated rings. The van der Waals surface area contributed by atoms with Crippen LogP contribution in [0.1, 0.15) is 33.5 Å². The number of rotatable bonds is 4. The number of amides is 1. The van der Waals surface area contributed by atoms with Crippen molar-refractivity contribution in [2.75, 3.05) is 33.8 Å². The van der Waals surface area contributed by atoms with Gasteiger partial charge in [0.25, 0.3) is 11.5 Å². The van der Waals surface area contributed by atoms with Gasteiger partial charge in [0.1, 0.15) is 11.9 Å². The van der Waals surface area contributed by atoms with E-state index >= 15 is 0 Å². The molecule has 1 N–H and O–H groups in total. The number of hydrogen-bond donors (Lipinski definition) is 1. The van der Waals surface area contributed by atoms with Gasteiger partial charge >= 0.3 is 0 Å². The molecule has 7 heteroatoms. The first-order valence-corrected chi connectivity index (χ1v) is 8.65. The normalized spacial score (nSPS) is 17.5. The highest BCUT2D eigenvalue weighted by Crippen LogP contribution is 2.20. The van der Waals surface area contributed by atoms with Crippen molar-refractivity contribution in [2.45, 2.75) is 19.6 Å². The fourth-order valence-corrected chi connectivity index (χ4v) is 3.05. The summed E-state index contributed by atoms with van der Waals surface area (Å²) in [6.45, 7) is 3.89. The van der Waals surface area contributed by atoms with E-state index in [1.165, 1.54) is 6.07 Å². The van der Waals surface area contributed by atoms with Gasteiger partial charge in [-0.3, -0.25) is 9.59 Å². The number of nitrogens with one attached hydrogen (secondary N) is 1. The number of carbonyl (C=O) groups excluding carboxylic acids is 1. The first-order valence-electron chi connectivity index (χ1n) is 8.65. The van der Waals surface area contributed by atoms with Crippen molar-refractivity contribution >= 4 is 5.91 Å². The van der Waals surface area contributed by atoms with Crippen LogP contribution in [0, 0.1) is 6.92 Å².